The third kappa shape index (κ3) is 3.35. The highest BCUT2D eigenvalue weighted by Gasteiger charge is 2.01. The molecule has 0 saturated carbocycles. The summed E-state index contributed by atoms with van der Waals surface area (Å²) in [6.07, 6.45) is 0. The van der Waals surface area contributed by atoms with Crippen molar-refractivity contribution in [3.8, 4) is 0 Å². The molecule has 0 bridgehead atoms. The first kappa shape index (κ1) is 13.6. The van der Waals surface area contributed by atoms with Crippen LogP contribution in [0.25, 0.3) is 0 Å². The summed E-state index contributed by atoms with van der Waals surface area (Å²) in [7, 11) is 0. The van der Waals surface area contributed by atoms with Gasteiger partial charge in [0.15, 0.2) is 5.78 Å². The van der Waals surface area contributed by atoms with Gasteiger partial charge in [-0.1, -0.05) is 0 Å². The van der Waals surface area contributed by atoms with Crippen LogP contribution in [0.5, 0.6) is 0 Å². The monoisotopic (exact) mass is 268 g/mol. The van der Waals surface area contributed by atoms with Crippen molar-refractivity contribution in [1.29, 1.82) is 0 Å². The zero-order chi connectivity index (χ0) is 14.5. The molecule has 0 radical (unpaired) electrons. The second-order valence-electron chi connectivity index (χ2n) is 4.16. The van der Waals surface area contributed by atoms with Gasteiger partial charge in [-0.25, -0.2) is 4.79 Å². The van der Waals surface area contributed by atoms with Gasteiger partial charge in [0, 0.05) is 5.56 Å². The topological polar surface area (TPSA) is 79.1 Å². The van der Waals surface area contributed by atoms with Crippen LogP contribution in [0.3, 0.4) is 0 Å². The molecule has 5 heteroatoms. The molecule has 0 unspecified atom stereocenters. The molecule has 2 aromatic carbocycles. The van der Waals surface area contributed by atoms with Crippen molar-refractivity contribution >= 4 is 23.1 Å². The number of benzene rings is 2. The highest BCUT2D eigenvalue weighted by Crippen LogP contribution is 2.19. The fourth-order valence-electron chi connectivity index (χ4n) is 1.55. The molecular formula is C15H12N2O3. The molecule has 100 valence electrons. The number of azo groups is 1. The molecule has 20 heavy (non-hydrogen) atoms. The van der Waals surface area contributed by atoms with Crippen molar-refractivity contribution in [2.75, 3.05) is 0 Å². The van der Waals surface area contributed by atoms with E-state index in [-0.39, 0.29) is 11.3 Å². The van der Waals surface area contributed by atoms with Crippen LogP contribution in [-0.4, -0.2) is 16.9 Å². The maximum absolute atomic E-state index is 11.1. The van der Waals surface area contributed by atoms with Gasteiger partial charge in [0.1, 0.15) is 0 Å². The predicted molar refractivity (Wildman–Crippen MR) is 74.0 cm³/mol. The lowest BCUT2D eigenvalue weighted by molar-refractivity contribution is 0.0696. The van der Waals surface area contributed by atoms with E-state index < -0.39 is 5.97 Å². The number of carboxylic acid groups (broad SMARTS) is 1. The molecule has 0 aliphatic rings. The average molecular weight is 268 g/mol. The van der Waals surface area contributed by atoms with Gasteiger partial charge in [-0.3, -0.25) is 4.79 Å². The molecular weight excluding hydrogens is 256 g/mol. The normalized spacial score (nSPS) is 10.7. The molecule has 0 saturated heterocycles. The minimum absolute atomic E-state index is 0.00208. The van der Waals surface area contributed by atoms with Gasteiger partial charge >= 0.3 is 5.97 Å². The number of nitrogens with zero attached hydrogens (tertiary/aromatic N) is 2. The van der Waals surface area contributed by atoms with Crippen molar-refractivity contribution in [1.82, 2.24) is 0 Å². The fourth-order valence-corrected chi connectivity index (χ4v) is 1.55. The van der Waals surface area contributed by atoms with Gasteiger partial charge in [0.2, 0.25) is 0 Å². The highest BCUT2D eigenvalue weighted by molar-refractivity contribution is 5.94. The van der Waals surface area contributed by atoms with Crippen LogP contribution < -0.4 is 0 Å². The Morgan fingerprint density at radius 2 is 1.20 bits per heavy atom. The molecule has 2 rings (SSSR count). The van der Waals surface area contributed by atoms with Crippen LogP contribution >= 0.6 is 0 Å². The number of rotatable bonds is 4. The number of ketones is 1. The molecule has 0 aliphatic heterocycles. The zero-order valence-corrected chi connectivity index (χ0v) is 10.8. The molecule has 0 amide bonds. The van der Waals surface area contributed by atoms with Crippen molar-refractivity contribution in [2.24, 2.45) is 10.2 Å². The maximum Gasteiger partial charge on any atom is 0.335 e. The summed E-state index contributed by atoms with van der Waals surface area (Å²) in [5.41, 5.74) is 2.01. The Kier molecular flexibility index (Phi) is 4.00. The quantitative estimate of drug-likeness (QED) is 0.672. The van der Waals surface area contributed by atoms with Crippen molar-refractivity contribution < 1.29 is 14.7 Å². The Labute approximate surface area is 115 Å². The van der Waals surface area contributed by atoms with E-state index in [1.807, 2.05) is 0 Å². The van der Waals surface area contributed by atoms with E-state index in [4.69, 9.17) is 5.11 Å². The summed E-state index contributed by atoms with van der Waals surface area (Å²) in [5, 5.41) is 16.8. The molecule has 0 spiro atoms. The fraction of sp³-hybridized carbons (Fsp3) is 0.0667. The number of carbonyl (C=O) groups is 2. The SMILES string of the molecule is CC(=O)c1ccc(/N=N/c2ccc(C(=O)O)cc2)cc1. The molecule has 0 aliphatic carbocycles. The third-order valence-corrected chi connectivity index (χ3v) is 2.67. The Bertz CT molecular complexity index is 599. The van der Waals surface area contributed by atoms with Gasteiger partial charge in [-0.05, 0) is 55.5 Å². The van der Waals surface area contributed by atoms with Gasteiger partial charge in [0.05, 0.1) is 16.9 Å². The van der Waals surface area contributed by atoms with E-state index in [2.05, 4.69) is 10.2 Å². The van der Waals surface area contributed by atoms with E-state index in [0.29, 0.717) is 16.9 Å². The summed E-state index contributed by atoms with van der Waals surface area (Å²) in [4.78, 5) is 21.8. The Balaban J connectivity index is 2.12. The Morgan fingerprint density at radius 1 is 0.800 bits per heavy atom. The van der Waals surface area contributed by atoms with Crippen LogP contribution in [0.1, 0.15) is 27.6 Å². The lowest BCUT2D eigenvalue weighted by atomic mass is 10.1. The lowest BCUT2D eigenvalue weighted by Gasteiger charge is -1.97. The summed E-state index contributed by atoms with van der Waals surface area (Å²) in [6, 6.07) is 12.9. The van der Waals surface area contributed by atoms with Crippen LogP contribution in [-0.2, 0) is 0 Å². The van der Waals surface area contributed by atoms with Crippen molar-refractivity contribution in [3.63, 3.8) is 0 Å². The van der Waals surface area contributed by atoms with Gasteiger partial charge in [0.25, 0.3) is 0 Å². The summed E-state index contributed by atoms with van der Waals surface area (Å²) in [5.74, 6) is -0.981. The summed E-state index contributed by atoms with van der Waals surface area (Å²) in [6.45, 7) is 1.50. The number of carbonyl (C=O) groups excluding carboxylic acids is 1. The van der Waals surface area contributed by atoms with E-state index in [0.717, 1.165) is 0 Å². The Morgan fingerprint density at radius 3 is 1.55 bits per heavy atom. The average Bonchev–Trinajstić information content (AvgIpc) is 2.46. The molecule has 2 aromatic rings. The molecule has 0 aromatic heterocycles. The van der Waals surface area contributed by atoms with E-state index in [1.54, 1.807) is 36.4 Å². The molecule has 5 nitrogen and oxygen atoms in total. The van der Waals surface area contributed by atoms with Gasteiger partial charge in [-0.15, -0.1) is 0 Å². The van der Waals surface area contributed by atoms with Crippen LogP contribution in [0.4, 0.5) is 11.4 Å². The summed E-state index contributed by atoms with van der Waals surface area (Å²) >= 11 is 0. The molecule has 0 atom stereocenters. The predicted octanol–water partition coefficient (Wildman–Crippen LogP) is 4.00. The third-order valence-electron chi connectivity index (χ3n) is 2.67. The number of aromatic carboxylic acids is 1. The van der Waals surface area contributed by atoms with Crippen LogP contribution in [0.2, 0.25) is 0 Å². The van der Waals surface area contributed by atoms with Crippen molar-refractivity contribution in [3.05, 3.63) is 59.7 Å². The highest BCUT2D eigenvalue weighted by atomic mass is 16.4. The zero-order valence-electron chi connectivity index (χ0n) is 10.8. The first-order chi connectivity index (χ1) is 9.56. The van der Waals surface area contributed by atoms with E-state index in [9.17, 15) is 9.59 Å². The first-order valence-corrected chi connectivity index (χ1v) is 5.92. The van der Waals surface area contributed by atoms with Crippen LogP contribution in [0, 0.1) is 0 Å². The summed E-state index contributed by atoms with van der Waals surface area (Å²) < 4.78 is 0. The lowest BCUT2D eigenvalue weighted by Crippen LogP contribution is -1.93. The smallest absolute Gasteiger partial charge is 0.335 e. The number of hydrogen-bond donors (Lipinski definition) is 1. The molecule has 0 fully saturated rings. The largest absolute Gasteiger partial charge is 0.478 e. The second-order valence-corrected chi connectivity index (χ2v) is 4.16. The number of hydrogen-bond acceptors (Lipinski definition) is 4. The first-order valence-electron chi connectivity index (χ1n) is 5.92. The second kappa shape index (κ2) is 5.88. The number of Topliss-reactive ketones (excluding diaryl/α,β-unsaturated/α-hetero) is 1. The van der Waals surface area contributed by atoms with Crippen LogP contribution in [0.15, 0.2) is 58.8 Å². The molecule has 1 N–H and O–H groups in total. The minimum atomic E-state index is -0.978. The van der Waals surface area contributed by atoms with E-state index in [1.165, 1.54) is 19.1 Å². The van der Waals surface area contributed by atoms with Crippen molar-refractivity contribution in [2.45, 2.75) is 6.92 Å². The minimum Gasteiger partial charge on any atom is -0.478 e. The number of carboxylic acids is 1. The van der Waals surface area contributed by atoms with Gasteiger partial charge < -0.3 is 5.11 Å². The maximum atomic E-state index is 11.1. The van der Waals surface area contributed by atoms with E-state index >= 15 is 0 Å². The van der Waals surface area contributed by atoms with Gasteiger partial charge in [-0.2, -0.15) is 10.2 Å². The standard InChI is InChI=1S/C15H12N2O3/c1-10(18)11-2-6-13(7-3-11)16-17-14-8-4-12(5-9-14)15(19)20/h2-9H,1H3,(H,19,20)/b17-16+. The Hall–Kier alpha value is -2.82. The molecule has 0 heterocycles.